The Hall–Kier alpha value is -3.42. The molecule has 2 aliphatic heterocycles. The maximum atomic E-state index is 13.1. The number of hydrogen-bond donors (Lipinski definition) is 2. The molecule has 1 atom stereocenters. The Morgan fingerprint density at radius 3 is 2.56 bits per heavy atom. The Balaban J connectivity index is 1.65. The van der Waals surface area contributed by atoms with Crippen molar-refractivity contribution in [2.75, 3.05) is 19.6 Å². The normalized spacial score (nSPS) is 22.3. The van der Waals surface area contributed by atoms with E-state index in [1.54, 1.807) is 13.0 Å². The van der Waals surface area contributed by atoms with Crippen LogP contribution in [-0.4, -0.2) is 53.3 Å². The smallest absolute Gasteiger partial charge is 0.325 e. The van der Waals surface area contributed by atoms with E-state index in [-0.39, 0.29) is 6.54 Å². The molecule has 138 valence electrons. The lowest BCUT2D eigenvalue weighted by molar-refractivity contribution is -0.137. The molecule has 0 aliphatic carbocycles. The van der Waals surface area contributed by atoms with Crippen molar-refractivity contribution >= 4 is 34.6 Å². The van der Waals surface area contributed by atoms with Crippen molar-refractivity contribution in [2.45, 2.75) is 12.5 Å². The van der Waals surface area contributed by atoms with E-state index in [1.807, 2.05) is 36.4 Å². The first-order chi connectivity index (χ1) is 12.9. The quantitative estimate of drug-likeness (QED) is 0.797. The first-order valence-electron chi connectivity index (χ1n) is 8.62. The summed E-state index contributed by atoms with van der Waals surface area (Å²) >= 11 is 0. The lowest BCUT2D eigenvalue weighted by atomic mass is 9.88. The summed E-state index contributed by atoms with van der Waals surface area (Å²) in [6.07, 6.45) is 0. The first kappa shape index (κ1) is 17.0. The van der Waals surface area contributed by atoms with E-state index in [1.165, 1.54) is 0 Å². The molecule has 4 rings (SSSR count). The van der Waals surface area contributed by atoms with Crippen LogP contribution in [-0.2, 0) is 15.1 Å². The number of carbonyl (C=O) groups excluding carboxylic acids is 4. The number of rotatable bonds is 3. The minimum atomic E-state index is -1.29. The van der Waals surface area contributed by atoms with Crippen LogP contribution in [0.25, 0.3) is 10.8 Å². The van der Waals surface area contributed by atoms with Crippen LogP contribution in [0.2, 0.25) is 0 Å². The summed E-state index contributed by atoms with van der Waals surface area (Å²) in [5.41, 5.74) is -0.626. The SMILES string of the molecule is CC1(c2cccc3ccccc23)NC(=O)N(CC(=O)N2CCNC2=O)C1=O. The van der Waals surface area contributed by atoms with E-state index in [0.717, 1.165) is 20.6 Å². The number of amides is 6. The fourth-order valence-electron chi connectivity index (χ4n) is 3.61. The van der Waals surface area contributed by atoms with Crippen molar-refractivity contribution < 1.29 is 19.2 Å². The molecular formula is C19H18N4O4. The van der Waals surface area contributed by atoms with Crippen LogP contribution >= 0.6 is 0 Å². The van der Waals surface area contributed by atoms with Gasteiger partial charge in [-0.3, -0.25) is 19.4 Å². The zero-order valence-electron chi connectivity index (χ0n) is 14.7. The predicted octanol–water partition coefficient (Wildman–Crippen LogP) is 1.16. The van der Waals surface area contributed by atoms with Gasteiger partial charge in [0.05, 0.1) is 0 Å². The zero-order valence-corrected chi connectivity index (χ0v) is 14.7. The molecule has 2 heterocycles. The molecule has 27 heavy (non-hydrogen) atoms. The van der Waals surface area contributed by atoms with Gasteiger partial charge in [0.2, 0.25) is 0 Å². The highest BCUT2D eigenvalue weighted by Gasteiger charge is 2.50. The van der Waals surface area contributed by atoms with E-state index >= 15 is 0 Å². The molecule has 6 amide bonds. The standard InChI is InChI=1S/C19H18N4O4/c1-19(14-8-4-6-12-5-2-3-7-13(12)14)16(25)23(18(27)21-19)11-15(24)22-10-9-20-17(22)26/h2-8H,9-11H2,1H3,(H,20,26)(H,21,27). The number of fused-ring (bicyclic) bond motifs is 1. The summed E-state index contributed by atoms with van der Waals surface area (Å²) in [5.74, 6) is -1.10. The van der Waals surface area contributed by atoms with Gasteiger partial charge in [0, 0.05) is 13.1 Å². The Morgan fingerprint density at radius 1 is 1.07 bits per heavy atom. The van der Waals surface area contributed by atoms with Crippen LogP contribution in [0.4, 0.5) is 9.59 Å². The van der Waals surface area contributed by atoms with Crippen molar-refractivity contribution in [3.05, 3.63) is 48.0 Å². The molecule has 2 aliphatic rings. The van der Waals surface area contributed by atoms with Crippen molar-refractivity contribution in [3.8, 4) is 0 Å². The molecule has 0 saturated carbocycles. The molecule has 0 aromatic heterocycles. The highest BCUT2D eigenvalue weighted by atomic mass is 16.2. The van der Waals surface area contributed by atoms with Gasteiger partial charge < -0.3 is 10.6 Å². The molecule has 2 aromatic carbocycles. The monoisotopic (exact) mass is 366 g/mol. The number of hydrogen-bond acceptors (Lipinski definition) is 4. The van der Waals surface area contributed by atoms with Crippen molar-refractivity contribution in [2.24, 2.45) is 0 Å². The summed E-state index contributed by atoms with van der Waals surface area (Å²) in [6, 6.07) is 12.0. The van der Waals surface area contributed by atoms with Crippen molar-refractivity contribution in [1.29, 1.82) is 0 Å². The van der Waals surface area contributed by atoms with E-state index in [4.69, 9.17) is 0 Å². The van der Waals surface area contributed by atoms with Gasteiger partial charge in [-0.2, -0.15) is 0 Å². The molecular weight excluding hydrogens is 348 g/mol. The molecule has 8 nitrogen and oxygen atoms in total. The average Bonchev–Trinajstić information content (AvgIpc) is 3.18. The van der Waals surface area contributed by atoms with Gasteiger partial charge in [-0.05, 0) is 23.3 Å². The van der Waals surface area contributed by atoms with Gasteiger partial charge in [-0.25, -0.2) is 9.59 Å². The Morgan fingerprint density at radius 2 is 1.81 bits per heavy atom. The fraction of sp³-hybridized carbons (Fsp3) is 0.263. The molecule has 1 unspecified atom stereocenters. The molecule has 0 radical (unpaired) electrons. The number of benzene rings is 2. The van der Waals surface area contributed by atoms with Crippen LogP contribution in [0.5, 0.6) is 0 Å². The molecule has 0 bridgehead atoms. The van der Waals surface area contributed by atoms with E-state index in [9.17, 15) is 19.2 Å². The van der Waals surface area contributed by atoms with Crippen LogP contribution in [0.3, 0.4) is 0 Å². The Kier molecular flexibility index (Phi) is 3.83. The topological polar surface area (TPSA) is 98.8 Å². The summed E-state index contributed by atoms with van der Waals surface area (Å²) < 4.78 is 0. The van der Waals surface area contributed by atoms with Gasteiger partial charge in [0.25, 0.3) is 11.8 Å². The van der Waals surface area contributed by atoms with Crippen molar-refractivity contribution in [1.82, 2.24) is 20.4 Å². The second kappa shape index (κ2) is 6.08. The lowest BCUT2D eigenvalue weighted by Gasteiger charge is -2.24. The highest BCUT2D eigenvalue weighted by Crippen LogP contribution is 2.33. The molecule has 2 fully saturated rings. The largest absolute Gasteiger partial charge is 0.336 e. The number of nitrogens with one attached hydrogen (secondary N) is 2. The van der Waals surface area contributed by atoms with Gasteiger partial charge in [0.15, 0.2) is 0 Å². The van der Waals surface area contributed by atoms with E-state index in [2.05, 4.69) is 10.6 Å². The van der Waals surface area contributed by atoms with Gasteiger partial charge in [0.1, 0.15) is 12.1 Å². The summed E-state index contributed by atoms with van der Waals surface area (Å²) in [6.45, 7) is 1.74. The number of carbonyl (C=O) groups is 4. The fourth-order valence-corrected chi connectivity index (χ4v) is 3.61. The van der Waals surface area contributed by atoms with Gasteiger partial charge in [-0.15, -0.1) is 0 Å². The summed E-state index contributed by atoms with van der Waals surface area (Å²) in [4.78, 5) is 51.4. The van der Waals surface area contributed by atoms with Crippen LogP contribution in [0, 0.1) is 0 Å². The third-order valence-electron chi connectivity index (χ3n) is 5.05. The van der Waals surface area contributed by atoms with E-state index in [0.29, 0.717) is 12.1 Å². The van der Waals surface area contributed by atoms with Crippen LogP contribution in [0.15, 0.2) is 42.5 Å². The second-order valence-electron chi connectivity index (χ2n) is 6.75. The first-order valence-corrected chi connectivity index (χ1v) is 8.62. The minimum absolute atomic E-state index is 0.224. The van der Waals surface area contributed by atoms with Crippen molar-refractivity contribution in [3.63, 3.8) is 0 Å². The molecule has 2 saturated heterocycles. The summed E-state index contributed by atoms with van der Waals surface area (Å²) in [7, 11) is 0. The Labute approximate surface area is 155 Å². The van der Waals surface area contributed by atoms with Gasteiger partial charge >= 0.3 is 12.1 Å². The highest BCUT2D eigenvalue weighted by molar-refractivity contribution is 6.11. The third-order valence-corrected chi connectivity index (χ3v) is 5.05. The van der Waals surface area contributed by atoms with Crippen LogP contribution in [0.1, 0.15) is 12.5 Å². The zero-order chi connectivity index (χ0) is 19.2. The molecule has 2 aromatic rings. The van der Waals surface area contributed by atoms with Crippen LogP contribution < -0.4 is 10.6 Å². The summed E-state index contributed by atoms with van der Waals surface area (Å²) in [5, 5.41) is 7.03. The van der Waals surface area contributed by atoms with E-state index < -0.39 is 36.0 Å². The molecule has 2 N–H and O–H groups in total. The maximum absolute atomic E-state index is 13.1. The second-order valence-corrected chi connectivity index (χ2v) is 6.75. The molecule has 8 heteroatoms. The number of imide groups is 2. The third kappa shape index (κ3) is 2.61. The minimum Gasteiger partial charge on any atom is -0.336 e. The van der Waals surface area contributed by atoms with Gasteiger partial charge in [-0.1, -0.05) is 42.5 Å². The number of urea groups is 2. The average molecular weight is 366 g/mol. The molecule has 0 spiro atoms. The predicted molar refractivity (Wildman–Crippen MR) is 96.7 cm³/mol. The number of nitrogens with zero attached hydrogens (tertiary/aromatic N) is 2. The maximum Gasteiger partial charge on any atom is 0.325 e. The Bertz CT molecular complexity index is 983. The lowest BCUT2D eigenvalue weighted by Crippen LogP contribution is -2.45.